The van der Waals surface area contributed by atoms with Crippen molar-refractivity contribution in [2.75, 3.05) is 7.11 Å². The molecule has 0 spiro atoms. The average Bonchev–Trinajstić information content (AvgIpc) is 3.10. The van der Waals surface area contributed by atoms with Gasteiger partial charge in [0.25, 0.3) is 0 Å². The van der Waals surface area contributed by atoms with E-state index in [1.54, 1.807) is 14.2 Å². The molecule has 2 aromatic heterocycles. The fraction of sp³-hybridized carbons (Fsp3) is 0.250. The summed E-state index contributed by atoms with van der Waals surface area (Å²) in [5.41, 5.74) is 6.00. The fourth-order valence-corrected chi connectivity index (χ4v) is 3.59. The number of nitrogens with zero attached hydrogens (tertiary/aromatic N) is 5. The Kier molecular flexibility index (Phi) is 5.77. The minimum Gasteiger partial charge on any atom is -0.489 e. The number of ether oxygens (including phenoxy) is 2. The first-order chi connectivity index (χ1) is 15.4. The van der Waals surface area contributed by atoms with Crippen molar-refractivity contribution in [1.82, 2.24) is 24.8 Å². The highest BCUT2D eigenvalue weighted by Gasteiger charge is 2.15. The molecule has 0 bridgehead atoms. The molecule has 2 aromatic carbocycles. The zero-order chi connectivity index (χ0) is 22.8. The van der Waals surface area contributed by atoms with Gasteiger partial charge < -0.3 is 9.47 Å². The average molecular weight is 431 g/mol. The van der Waals surface area contributed by atoms with Crippen LogP contribution in [0.5, 0.6) is 11.6 Å². The minimum absolute atomic E-state index is 0.275. The van der Waals surface area contributed by atoms with E-state index in [-0.39, 0.29) is 12.3 Å². The molecule has 0 aliphatic rings. The van der Waals surface area contributed by atoms with Crippen LogP contribution in [0, 0.1) is 20.8 Å². The number of tetrazole rings is 1. The van der Waals surface area contributed by atoms with Gasteiger partial charge in [-0.1, -0.05) is 18.2 Å². The van der Waals surface area contributed by atoms with Crippen molar-refractivity contribution in [3.63, 3.8) is 0 Å². The van der Waals surface area contributed by atoms with Crippen LogP contribution in [0.1, 0.15) is 22.4 Å². The van der Waals surface area contributed by atoms with Gasteiger partial charge in [0.2, 0.25) is 5.88 Å². The third kappa shape index (κ3) is 4.12. The number of aromatic nitrogens is 5. The van der Waals surface area contributed by atoms with Gasteiger partial charge >= 0.3 is 5.69 Å². The lowest BCUT2D eigenvalue weighted by Gasteiger charge is -2.15. The van der Waals surface area contributed by atoms with Crippen molar-refractivity contribution in [1.29, 1.82) is 0 Å². The van der Waals surface area contributed by atoms with Gasteiger partial charge in [-0.05, 0) is 78.2 Å². The van der Waals surface area contributed by atoms with E-state index in [1.807, 2.05) is 63.2 Å². The molecule has 164 valence electrons. The van der Waals surface area contributed by atoms with Gasteiger partial charge in [-0.25, -0.2) is 9.78 Å². The highest BCUT2D eigenvalue weighted by Crippen LogP contribution is 2.32. The molecule has 0 atom stereocenters. The lowest BCUT2D eigenvalue weighted by molar-refractivity contribution is 0.304. The lowest BCUT2D eigenvalue weighted by Crippen LogP contribution is -2.23. The van der Waals surface area contributed by atoms with Crippen LogP contribution >= 0.6 is 0 Å². The molecule has 0 saturated carbocycles. The SMILES string of the molecule is COc1nc(C)ccc1-c1cc(C)cc(OCc2c(C)cccc2-n2nnn(C)c2=O)c1. The van der Waals surface area contributed by atoms with Crippen LogP contribution in [0.3, 0.4) is 0 Å². The van der Waals surface area contributed by atoms with Gasteiger partial charge in [-0.15, -0.1) is 0 Å². The van der Waals surface area contributed by atoms with E-state index in [0.29, 0.717) is 17.3 Å². The number of aryl methyl sites for hydroxylation is 4. The first-order valence-electron chi connectivity index (χ1n) is 10.2. The second kappa shape index (κ2) is 8.66. The Bertz CT molecular complexity index is 1340. The zero-order valence-electron chi connectivity index (χ0n) is 18.8. The van der Waals surface area contributed by atoms with E-state index < -0.39 is 0 Å². The van der Waals surface area contributed by atoms with Crippen LogP contribution in [0.2, 0.25) is 0 Å². The topological polar surface area (TPSA) is 84.1 Å². The third-order valence-corrected chi connectivity index (χ3v) is 5.27. The fourth-order valence-electron chi connectivity index (χ4n) is 3.59. The quantitative estimate of drug-likeness (QED) is 0.464. The Morgan fingerprint density at radius 1 is 1.00 bits per heavy atom. The van der Waals surface area contributed by atoms with Crippen molar-refractivity contribution in [3.8, 4) is 28.4 Å². The van der Waals surface area contributed by atoms with Crippen LogP contribution in [0.15, 0.2) is 53.3 Å². The summed E-state index contributed by atoms with van der Waals surface area (Å²) in [6.45, 7) is 6.20. The maximum Gasteiger partial charge on any atom is 0.368 e. The van der Waals surface area contributed by atoms with Gasteiger partial charge in [0.15, 0.2) is 0 Å². The van der Waals surface area contributed by atoms with E-state index in [2.05, 4.69) is 21.5 Å². The molecule has 0 radical (unpaired) electrons. The molecule has 0 aliphatic heterocycles. The molecule has 0 unspecified atom stereocenters. The number of hydrogen-bond donors (Lipinski definition) is 0. The second-order valence-electron chi connectivity index (χ2n) is 7.70. The van der Waals surface area contributed by atoms with Gasteiger partial charge in [-0.3, -0.25) is 0 Å². The number of benzene rings is 2. The van der Waals surface area contributed by atoms with Crippen LogP contribution in [-0.4, -0.2) is 31.9 Å². The van der Waals surface area contributed by atoms with Crippen LogP contribution in [0.25, 0.3) is 16.8 Å². The summed E-state index contributed by atoms with van der Waals surface area (Å²) >= 11 is 0. The third-order valence-electron chi connectivity index (χ3n) is 5.27. The summed E-state index contributed by atoms with van der Waals surface area (Å²) in [4.78, 5) is 16.9. The van der Waals surface area contributed by atoms with Crippen molar-refractivity contribution >= 4 is 0 Å². The van der Waals surface area contributed by atoms with Crippen LogP contribution < -0.4 is 15.2 Å². The van der Waals surface area contributed by atoms with Crippen molar-refractivity contribution in [2.45, 2.75) is 27.4 Å². The van der Waals surface area contributed by atoms with Gasteiger partial charge in [0.1, 0.15) is 12.4 Å². The molecular weight excluding hydrogens is 406 g/mol. The van der Waals surface area contributed by atoms with Crippen molar-refractivity contribution in [3.05, 3.63) is 81.4 Å². The predicted molar refractivity (Wildman–Crippen MR) is 121 cm³/mol. The van der Waals surface area contributed by atoms with Crippen molar-refractivity contribution < 1.29 is 9.47 Å². The number of methoxy groups -OCH3 is 1. The largest absolute Gasteiger partial charge is 0.489 e. The number of pyridine rings is 1. The summed E-state index contributed by atoms with van der Waals surface area (Å²) in [6, 6.07) is 15.7. The maximum absolute atomic E-state index is 12.4. The molecule has 0 saturated heterocycles. The molecule has 32 heavy (non-hydrogen) atoms. The van der Waals surface area contributed by atoms with Gasteiger partial charge in [0, 0.05) is 23.9 Å². The smallest absolute Gasteiger partial charge is 0.368 e. The predicted octanol–water partition coefficient (Wildman–Crippen LogP) is 3.54. The van der Waals surface area contributed by atoms with Crippen LogP contribution in [0.4, 0.5) is 0 Å². The summed E-state index contributed by atoms with van der Waals surface area (Å²) in [6.07, 6.45) is 0. The first-order valence-corrected chi connectivity index (χ1v) is 10.2. The van der Waals surface area contributed by atoms with E-state index in [9.17, 15) is 4.79 Å². The van der Waals surface area contributed by atoms with Gasteiger partial charge in [-0.2, -0.15) is 9.36 Å². The Hall–Kier alpha value is -3.94. The second-order valence-corrected chi connectivity index (χ2v) is 7.70. The minimum atomic E-state index is -0.311. The summed E-state index contributed by atoms with van der Waals surface area (Å²) in [7, 11) is 3.19. The number of hydrogen-bond acceptors (Lipinski definition) is 6. The molecular formula is C24H25N5O3. The Balaban J connectivity index is 1.68. The maximum atomic E-state index is 12.4. The normalized spacial score (nSPS) is 10.9. The molecule has 4 aromatic rings. The van der Waals surface area contributed by atoms with E-state index in [4.69, 9.17) is 9.47 Å². The zero-order valence-corrected chi connectivity index (χ0v) is 18.8. The monoisotopic (exact) mass is 431 g/mol. The van der Waals surface area contributed by atoms with Crippen LogP contribution in [-0.2, 0) is 13.7 Å². The summed E-state index contributed by atoms with van der Waals surface area (Å²) < 4.78 is 14.2. The molecule has 0 aliphatic carbocycles. The number of rotatable bonds is 6. The van der Waals surface area contributed by atoms with E-state index >= 15 is 0 Å². The molecule has 8 nitrogen and oxygen atoms in total. The molecule has 0 fully saturated rings. The molecule has 4 rings (SSSR count). The van der Waals surface area contributed by atoms with Gasteiger partial charge in [0.05, 0.1) is 12.8 Å². The Morgan fingerprint density at radius 2 is 1.81 bits per heavy atom. The Labute approximate surface area is 186 Å². The lowest BCUT2D eigenvalue weighted by atomic mass is 10.0. The highest BCUT2D eigenvalue weighted by atomic mass is 16.5. The van der Waals surface area contributed by atoms with Crippen molar-refractivity contribution in [2.24, 2.45) is 7.05 Å². The standard InChI is InChI=1S/C24H25N5O3/c1-15-11-18(20-10-9-17(3)25-23(20)31-5)13-19(12-15)32-14-21-16(2)7-6-8-22(21)29-24(30)28(4)26-27-29/h6-13H,14H2,1-5H3. The summed E-state index contributed by atoms with van der Waals surface area (Å²) in [5, 5.41) is 7.80. The summed E-state index contributed by atoms with van der Waals surface area (Å²) in [5.74, 6) is 1.29. The molecule has 0 amide bonds. The molecule has 0 N–H and O–H groups in total. The highest BCUT2D eigenvalue weighted by molar-refractivity contribution is 5.70. The molecule has 2 heterocycles. The Morgan fingerprint density at radius 3 is 2.53 bits per heavy atom. The van der Waals surface area contributed by atoms with E-state index in [0.717, 1.165) is 33.5 Å². The van der Waals surface area contributed by atoms with E-state index in [1.165, 1.54) is 9.36 Å². The molecule has 8 heteroatoms. The first kappa shape index (κ1) is 21.3.